The Morgan fingerprint density at radius 1 is 1.33 bits per heavy atom. The van der Waals surface area contributed by atoms with E-state index >= 15 is 0 Å². The molecular weight excluding hydrogens is 392 g/mol. The molecule has 3 saturated heterocycles. The summed E-state index contributed by atoms with van der Waals surface area (Å²) in [7, 11) is 0. The van der Waals surface area contributed by atoms with Gasteiger partial charge in [0.15, 0.2) is 0 Å². The Labute approximate surface area is 174 Å². The molecule has 7 nitrogen and oxygen atoms in total. The molecule has 2 amide bonds. The highest BCUT2D eigenvalue weighted by molar-refractivity contribution is 5.89. The summed E-state index contributed by atoms with van der Waals surface area (Å²) in [6.07, 6.45) is 4.22. The minimum atomic E-state index is -2.68. The maximum Gasteiger partial charge on any atom is 0.252 e. The SMILES string of the molecule is Cc1[nH]cnc1CN1C[C@@H]2C[C@H](C1)[C@H](C(=O)NC1CC(F)(F)C1)N1C(=O)CCC[C@@H]21. The second-order valence-electron chi connectivity index (χ2n) is 9.60. The number of alkyl halides is 2. The monoisotopic (exact) mass is 421 g/mol. The Morgan fingerprint density at radius 3 is 2.80 bits per heavy atom. The van der Waals surface area contributed by atoms with Crippen LogP contribution < -0.4 is 5.32 Å². The number of aromatic nitrogens is 2. The van der Waals surface area contributed by atoms with Gasteiger partial charge in [0.05, 0.1) is 12.0 Å². The van der Waals surface area contributed by atoms with Crippen molar-refractivity contribution in [3.05, 3.63) is 17.7 Å². The zero-order valence-electron chi connectivity index (χ0n) is 17.2. The first-order chi connectivity index (χ1) is 14.3. The lowest BCUT2D eigenvalue weighted by Crippen LogP contribution is -2.69. The van der Waals surface area contributed by atoms with Crippen molar-refractivity contribution in [2.45, 2.75) is 76.0 Å². The van der Waals surface area contributed by atoms with Gasteiger partial charge in [-0.05, 0) is 32.1 Å². The van der Waals surface area contributed by atoms with Gasteiger partial charge in [-0.1, -0.05) is 0 Å². The van der Waals surface area contributed by atoms with E-state index in [0.717, 1.165) is 37.2 Å². The maximum atomic E-state index is 13.2. The molecule has 2 bridgehead atoms. The smallest absolute Gasteiger partial charge is 0.252 e. The number of hydrogen-bond donors (Lipinski definition) is 2. The van der Waals surface area contributed by atoms with Gasteiger partial charge in [-0.25, -0.2) is 13.8 Å². The number of likely N-dealkylation sites (tertiary alicyclic amines) is 1. The third-order valence-electron chi connectivity index (χ3n) is 7.43. The van der Waals surface area contributed by atoms with Crippen LogP contribution in [0.2, 0.25) is 0 Å². The molecule has 4 aliphatic rings. The highest BCUT2D eigenvalue weighted by Gasteiger charge is 2.53. The van der Waals surface area contributed by atoms with Crippen LogP contribution in [0.15, 0.2) is 6.33 Å². The summed E-state index contributed by atoms with van der Waals surface area (Å²) in [5.74, 6) is -2.54. The zero-order valence-corrected chi connectivity index (χ0v) is 17.2. The maximum absolute atomic E-state index is 13.2. The number of carbonyl (C=O) groups excluding carboxylic acids is 2. The molecule has 4 fully saturated rings. The first-order valence-corrected chi connectivity index (χ1v) is 11.0. The Kier molecular flexibility index (Phi) is 4.83. The molecule has 30 heavy (non-hydrogen) atoms. The lowest BCUT2D eigenvalue weighted by Gasteiger charge is -2.56. The summed E-state index contributed by atoms with van der Waals surface area (Å²) in [5.41, 5.74) is 2.05. The Hall–Kier alpha value is -2.03. The molecule has 9 heteroatoms. The van der Waals surface area contributed by atoms with Gasteiger partial charge < -0.3 is 15.2 Å². The number of fused-ring (bicyclic) bond motifs is 4. The summed E-state index contributed by atoms with van der Waals surface area (Å²) >= 11 is 0. The number of amides is 2. The topological polar surface area (TPSA) is 81.3 Å². The Balaban J connectivity index is 1.36. The van der Waals surface area contributed by atoms with Crippen LogP contribution in [0.3, 0.4) is 0 Å². The molecule has 4 heterocycles. The summed E-state index contributed by atoms with van der Waals surface area (Å²) < 4.78 is 26.5. The van der Waals surface area contributed by atoms with E-state index in [-0.39, 0.29) is 36.6 Å². The van der Waals surface area contributed by atoms with Gasteiger partial charge in [0, 0.05) is 62.6 Å². The first kappa shape index (κ1) is 19.9. The van der Waals surface area contributed by atoms with Crippen molar-refractivity contribution in [1.82, 2.24) is 25.1 Å². The van der Waals surface area contributed by atoms with Crippen molar-refractivity contribution in [3.8, 4) is 0 Å². The lowest BCUT2D eigenvalue weighted by atomic mass is 9.71. The standard InChI is InChI=1S/C21H29F2N5O2/c1-12-16(25-11-24-12)10-27-8-13-5-14(9-27)19(28-17(13)3-2-4-18(28)29)20(30)26-15-6-21(22,23)7-15/h11,13-15,17,19H,2-10H2,1H3,(H,24,25)(H,26,30)/t13-,14+,17-,19+/m0/s1. The van der Waals surface area contributed by atoms with Crippen molar-refractivity contribution >= 4 is 11.8 Å². The summed E-state index contributed by atoms with van der Waals surface area (Å²) in [4.78, 5) is 37.7. The second kappa shape index (κ2) is 7.28. The van der Waals surface area contributed by atoms with Gasteiger partial charge in [-0.2, -0.15) is 0 Å². The number of piperidine rings is 3. The average molecular weight is 421 g/mol. The van der Waals surface area contributed by atoms with E-state index in [2.05, 4.69) is 20.2 Å². The van der Waals surface area contributed by atoms with Gasteiger partial charge >= 0.3 is 0 Å². The van der Waals surface area contributed by atoms with Gasteiger partial charge in [-0.3, -0.25) is 14.5 Å². The highest BCUT2D eigenvalue weighted by atomic mass is 19.3. The molecule has 3 aliphatic heterocycles. The van der Waals surface area contributed by atoms with Crippen molar-refractivity contribution < 1.29 is 18.4 Å². The lowest BCUT2D eigenvalue weighted by molar-refractivity contribution is -0.163. The highest BCUT2D eigenvalue weighted by Crippen LogP contribution is 2.43. The van der Waals surface area contributed by atoms with E-state index in [4.69, 9.17) is 0 Å². The van der Waals surface area contributed by atoms with Crippen molar-refractivity contribution in [2.24, 2.45) is 11.8 Å². The number of aryl methyl sites for hydroxylation is 1. The van der Waals surface area contributed by atoms with E-state index in [0.29, 0.717) is 25.4 Å². The van der Waals surface area contributed by atoms with Crippen LogP contribution >= 0.6 is 0 Å². The van der Waals surface area contributed by atoms with E-state index < -0.39 is 18.0 Å². The normalized spacial score (nSPS) is 33.7. The molecule has 0 unspecified atom stereocenters. The summed E-state index contributed by atoms with van der Waals surface area (Å²) in [5, 5.41) is 2.82. The number of carbonyl (C=O) groups is 2. The molecule has 0 aromatic carbocycles. The van der Waals surface area contributed by atoms with Crippen LogP contribution in [0, 0.1) is 18.8 Å². The van der Waals surface area contributed by atoms with E-state index in [1.807, 2.05) is 11.8 Å². The van der Waals surface area contributed by atoms with Crippen LogP contribution in [0.4, 0.5) is 8.78 Å². The number of nitrogens with one attached hydrogen (secondary N) is 2. The summed E-state index contributed by atoms with van der Waals surface area (Å²) in [6, 6.07) is -0.990. The molecule has 1 aromatic rings. The largest absolute Gasteiger partial charge is 0.351 e. The predicted octanol–water partition coefficient (Wildman–Crippen LogP) is 1.83. The van der Waals surface area contributed by atoms with Gasteiger partial charge in [0.2, 0.25) is 11.8 Å². The van der Waals surface area contributed by atoms with E-state index in [1.54, 1.807) is 6.33 Å². The predicted molar refractivity (Wildman–Crippen MR) is 105 cm³/mol. The average Bonchev–Trinajstić information content (AvgIpc) is 3.05. The number of imidazole rings is 1. The molecule has 2 N–H and O–H groups in total. The number of nitrogens with zero attached hydrogens (tertiary/aromatic N) is 3. The Morgan fingerprint density at radius 2 is 2.10 bits per heavy atom. The van der Waals surface area contributed by atoms with E-state index in [9.17, 15) is 18.4 Å². The minimum Gasteiger partial charge on any atom is -0.351 e. The Bertz CT molecular complexity index is 835. The van der Waals surface area contributed by atoms with Gasteiger partial charge in [-0.15, -0.1) is 0 Å². The molecule has 0 radical (unpaired) electrons. The molecule has 1 aromatic heterocycles. The van der Waals surface area contributed by atoms with Crippen LogP contribution in [0.5, 0.6) is 0 Å². The first-order valence-electron chi connectivity index (χ1n) is 11.0. The number of H-pyrrole nitrogens is 1. The van der Waals surface area contributed by atoms with Crippen LogP contribution in [0.1, 0.15) is 49.9 Å². The number of halogens is 2. The molecular formula is C21H29F2N5O2. The van der Waals surface area contributed by atoms with Crippen molar-refractivity contribution in [3.63, 3.8) is 0 Å². The number of rotatable bonds is 4. The van der Waals surface area contributed by atoms with Crippen molar-refractivity contribution in [2.75, 3.05) is 13.1 Å². The molecule has 5 rings (SSSR count). The molecule has 0 spiro atoms. The molecule has 1 saturated carbocycles. The van der Waals surface area contributed by atoms with Crippen LogP contribution in [0.25, 0.3) is 0 Å². The van der Waals surface area contributed by atoms with E-state index in [1.165, 1.54) is 0 Å². The zero-order chi connectivity index (χ0) is 21.0. The third-order valence-corrected chi connectivity index (χ3v) is 7.43. The fourth-order valence-corrected chi connectivity index (χ4v) is 6.03. The molecule has 1 aliphatic carbocycles. The van der Waals surface area contributed by atoms with Crippen LogP contribution in [-0.4, -0.2) is 68.7 Å². The van der Waals surface area contributed by atoms with Gasteiger partial charge in [0.25, 0.3) is 5.92 Å². The minimum absolute atomic E-state index is 0.0156. The quantitative estimate of drug-likeness (QED) is 0.777. The van der Waals surface area contributed by atoms with Crippen LogP contribution in [-0.2, 0) is 16.1 Å². The third kappa shape index (κ3) is 3.50. The number of hydrogen-bond acceptors (Lipinski definition) is 4. The summed E-state index contributed by atoms with van der Waals surface area (Å²) in [6.45, 7) is 4.31. The fourth-order valence-electron chi connectivity index (χ4n) is 6.03. The van der Waals surface area contributed by atoms with Crippen molar-refractivity contribution in [1.29, 1.82) is 0 Å². The van der Waals surface area contributed by atoms with Gasteiger partial charge in [0.1, 0.15) is 6.04 Å². The number of aromatic amines is 1. The fraction of sp³-hybridized carbons (Fsp3) is 0.762. The molecule has 164 valence electrons. The second-order valence-corrected chi connectivity index (χ2v) is 9.60. The molecule has 4 atom stereocenters.